The van der Waals surface area contributed by atoms with Gasteiger partial charge in [0.1, 0.15) is 0 Å². The maximum atomic E-state index is 6.14. The van der Waals surface area contributed by atoms with Gasteiger partial charge in [0.15, 0.2) is 0 Å². The molecule has 1 nitrogen and oxygen atoms in total. The third-order valence-corrected chi connectivity index (χ3v) is 9.15. The monoisotopic (exact) mass is 226 g/mol. The smallest absolute Gasteiger partial charge is 0.257 e. The molecule has 0 heterocycles. The third-order valence-electron chi connectivity index (χ3n) is 3.19. The zero-order valence-electron chi connectivity index (χ0n) is 11.1. The summed E-state index contributed by atoms with van der Waals surface area (Å²) in [4.78, 5) is 0. The van der Waals surface area contributed by atoms with E-state index >= 15 is 0 Å². The van der Waals surface area contributed by atoms with E-state index in [1.165, 1.54) is 0 Å². The Morgan fingerprint density at radius 3 is 1.60 bits per heavy atom. The Labute approximate surface area is 96.4 Å². The van der Waals surface area contributed by atoms with Crippen LogP contribution in [-0.2, 0) is 4.43 Å². The molecule has 0 unspecified atom stereocenters. The molecule has 0 aromatic rings. The van der Waals surface area contributed by atoms with E-state index in [0.29, 0.717) is 16.6 Å². The Balaban J connectivity index is 4.96. The van der Waals surface area contributed by atoms with Crippen LogP contribution in [0.1, 0.15) is 41.5 Å². The van der Waals surface area contributed by atoms with Gasteiger partial charge in [0, 0.05) is 0 Å². The Bertz CT molecular complexity index is 195. The zero-order chi connectivity index (χ0) is 12.1. The summed E-state index contributed by atoms with van der Waals surface area (Å²) < 4.78 is 6.14. The summed E-state index contributed by atoms with van der Waals surface area (Å²) in [6.45, 7) is 17.4. The van der Waals surface area contributed by atoms with Crippen molar-refractivity contribution in [3.8, 4) is 0 Å². The van der Waals surface area contributed by atoms with Crippen molar-refractivity contribution in [2.75, 3.05) is 0 Å². The Kier molecular flexibility index (Phi) is 5.95. The predicted molar refractivity (Wildman–Crippen MR) is 71.5 cm³/mol. The molecule has 0 aliphatic rings. The van der Waals surface area contributed by atoms with E-state index in [1.807, 2.05) is 12.3 Å². The molecule has 88 valence electrons. The van der Waals surface area contributed by atoms with Crippen LogP contribution in [0, 0.1) is 0 Å². The second kappa shape index (κ2) is 6.16. The second-order valence-electron chi connectivity index (χ2n) is 5.00. The molecule has 0 rings (SSSR count). The molecule has 0 saturated heterocycles. The van der Waals surface area contributed by atoms with Crippen molar-refractivity contribution < 1.29 is 4.43 Å². The van der Waals surface area contributed by atoms with Crippen molar-refractivity contribution in [1.29, 1.82) is 0 Å². The van der Waals surface area contributed by atoms with Crippen molar-refractivity contribution >= 4 is 8.32 Å². The van der Waals surface area contributed by atoms with Crippen LogP contribution in [0.25, 0.3) is 0 Å². The lowest BCUT2D eigenvalue weighted by Crippen LogP contribution is -2.46. The molecule has 0 aromatic carbocycles. The van der Waals surface area contributed by atoms with Gasteiger partial charge in [0.25, 0.3) is 8.32 Å². The van der Waals surface area contributed by atoms with Gasteiger partial charge in [-0.1, -0.05) is 54.2 Å². The summed E-state index contributed by atoms with van der Waals surface area (Å²) in [5, 5.41) is 0. The Morgan fingerprint density at radius 1 is 0.933 bits per heavy atom. The first-order valence-electron chi connectivity index (χ1n) is 5.84. The van der Waals surface area contributed by atoms with Crippen LogP contribution < -0.4 is 0 Å². The SMILES string of the molecule is C=C/C=C\O[Si](C(C)C)(C(C)C)C(C)C. The topological polar surface area (TPSA) is 9.23 Å². The van der Waals surface area contributed by atoms with Crippen LogP contribution in [0.2, 0.25) is 16.6 Å². The number of rotatable bonds is 6. The summed E-state index contributed by atoms with van der Waals surface area (Å²) >= 11 is 0. The van der Waals surface area contributed by atoms with Gasteiger partial charge in [-0.15, -0.1) is 0 Å². The first-order valence-corrected chi connectivity index (χ1v) is 7.99. The average molecular weight is 226 g/mol. The standard InChI is InChI=1S/C13H26OSi/c1-8-9-10-14-15(11(2)3,12(4)5)13(6)7/h8-13H,1H2,2-7H3/b10-9-. The summed E-state index contributed by atoms with van der Waals surface area (Å²) in [6.07, 6.45) is 5.48. The summed E-state index contributed by atoms with van der Waals surface area (Å²) in [7, 11) is -1.70. The highest BCUT2D eigenvalue weighted by atomic mass is 28.4. The highest BCUT2D eigenvalue weighted by Gasteiger charge is 2.46. The molecule has 0 aliphatic heterocycles. The summed E-state index contributed by atoms with van der Waals surface area (Å²) in [5.41, 5.74) is 1.89. The van der Waals surface area contributed by atoms with Gasteiger partial charge < -0.3 is 4.43 Å². The van der Waals surface area contributed by atoms with E-state index in [2.05, 4.69) is 48.1 Å². The molecule has 2 heteroatoms. The van der Waals surface area contributed by atoms with Gasteiger partial charge in [0.2, 0.25) is 0 Å². The van der Waals surface area contributed by atoms with E-state index in [4.69, 9.17) is 4.43 Å². The third kappa shape index (κ3) is 3.23. The van der Waals surface area contributed by atoms with E-state index < -0.39 is 8.32 Å². The molecule has 0 aromatic heterocycles. The summed E-state index contributed by atoms with van der Waals surface area (Å²) in [5.74, 6) is 0. The van der Waals surface area contributed by atoms with Crippen molar-refractivity contribution in [2.45, 2.75) is 58.2 Å². The highest BCUT2D eigenvalue weighted by molar-refractivity contribution is 6.77. The molecule has 0 spiro atoms. The van der Waals surface area contributed by atoms with E-state index in [1.54, 1.807) is 6.08 Å². The van der Waals surface area contributed by atoms with E-state index in [9.17, 15) is 0 Å². The average Bonchev–Trinajstić information content (AvgIpc) is 2.10. The lowest BCUT2D eigenvalue weighted by molar-refractivity contribution is 0.416. The van der Waals surface area contributed by atoms with Crippen molar-refractivity contribution in [1.82, 2.24) is 0 Å². The molecule has 0 saturated carbocycles. The van der Waals surface area contributed by atoms with Crippen LogP contribution >= 0.6 is 0 Å². The minimum atomic E-state index is -1.70. The lowest BCUT2D eigenvalue weighted by atomic mass is 10.5. The fourth-order valence-electron chi connectivity index (χ4n) is 2.62. The first-order chi connectivity index (χ1) is 6.89. The van der Waals surface area contributed by atoms with Crippen LogP contribution in [0.5, 0.6) is 0 Å². The quantitative estimate of drug-likeness (QED) is 0.356. The highest BCUT2D eigenvalue weighted by Crippen LogP contribution is 2.42. The molecule has 0 aliphatic carbocycles. The molecule has 0 N–H and O–H groups in total. The van der Waals surface area contributed by atoms with Crippen LogP contribution in [0.3, 0.4) is 0 Å². The molecule has 0 amide bonds. The van der Waals surface area contributed by atoms with E-state index in [-0.39, 0.29) is 0 Å². The molecule has 0 fully saturated rings. The van der Waals surface area contributed by atoms with E-state index in [0.717, 1.165) is 0 Å². The maximum absolute atomic E-state index is 6.14. The first kappa shape index (κ1) is 14.5. The number of allylic oxidation sites excluding steroid dienone is 2. The molecule has 0 atom stereocenters. The van der Waals surface area contributed by atoms with Crippen molar-refractivity contribution in [3.63, 3.8) is 0 Å². The largest absolute Gasteiger partial charge is 0.548 e. The Morgan fingerprint density at radius 2 is 1.33 bits per heavy atom. The second-order valence-corrected chi connectivity index (χ2v) is 10.4. The molecule has 0 bridgehead atoms. The molecular formula is C13H26OSi. The molecular weight excluding hydrogens is 200 g/mol. The lowest BCUT2D eigenvalue weighted by Gasteiger charge is -2.40. The fraction of sp³-hybridized carbons (Fsp3) is 0.692. The van der Waals surface area contributed by atoms with Crippen LogP contribution in [-0.4, -0.2) is 8.32 Å². The zero-order valence-corrected chi connectivity index (χ0v) is 12.1. The van der Waals surface area contributed by atoms with Crippen molar-refractivity contribution in [2.24, 2.45) is 0 Å². The normalized spacial score (nSPS) is 13.1. The minimum Gasteiger partial charge on any atom is -0.548 e. The number of hydrogen-bond donors (Lipinski definition) is 0. The number of hydrogen-bond acceptors (Lipinski definition) is 1. The molecule has 0 radical (unpaired) electrons. The Hall–Kier alpha value is -0.503. The van der Waals surface area contributed by atoms with Gasteiger partial charge in [-0.3, -0.25) is 0 Å². The van der Waals surface area contributed by atoms with Gasteiger partial charge >= 0.3 is 0 Å². The fourth-order valence-corrected chi connectivity index (χ4v) is 7.75. The van der Waals surface area contributed by atoms with Crippen molar-refractivity contribution in [3.05, 3.63) is 25.0 Å². The van der Waals surface area contributed by atoms with Gasteiger partial charge in [-0.05, 0) is 22.7 Å². The van der Waals surface area contributed by atoms with Gasteiger partial charge in [-0.2, -0.15) is 0 Å². The minimum absolute atomic E-state index is 0.631. The maximum Gasteiger partial charge on any atom is 0.257 e. The van der Waals surface area contributed by atoms with Crippen LogP contribution in [0.15, 0.2) is 25.0 Å². The van der Waals surface area contributed by atoms with Gasteiger partial charge in [-0.25, -0.2) is 0 Å². The van der Waals surface area contributed by atoms with Gasteiger partial charge in [0.05, 0.1) is 6.26 Å². The summed E-state index contributed by atoms with van der Waals surface area (Å²) in [6, 6.07) is 0. The predicted octanol–water partition coefficient (Wildman–Crippen LogP) is 4.88. The van der Waals surface area contributed by atoms with Crippen LogP contribution in [0.4, 0.5) is 0 Å². The molecule has 15 heavy (non-hydrogen) atoms.